The maximum Gasteiger partial charge on any atom is 0.346 e. The van der Waals surface area contributed by atoms with Crippen molar-refractivity contribution in [1.82, 2.24) is 0 Å². The van der Waals surface area contributed by atoms with Crippen LogP contribution in [0.25, 0.3) is 0 Å². The number of para-hydroxylation sites is 1. The SMILES string of the molecule is COC(=O)C1(C(=O)OC)N(c2ccccc2)[C@H](c2ccccc2)C[C@]1(C)OC. The predicted molar refractivity (Wildman–Crippen MR) is 105 cm³/mol. The van der Waals surface area contributed by atoms with E-state index in [2.05, 4.69) is 0 Å². The number of benzene rings is 2. The van der Waals surface area contributed by atoms with E-state index in [1.807, 2.05) is 60.7 Å². The first-order valence-corrected chi connectivity index (χ1v) is 9.07. The summed E-state index contributed by atoms with van der Waals surface area (Å²) in [4.78, 5) is 28.2. The summed E-state index contributed by atoms with van der Waals surface area (Å²) in [6, 6.07) is 18.8. The van der Waals surface area contributed by atoms with Crippen molar-refractivity contribution in [3.05, 3.63) is 66.2 Å². The molecule has 6 heteroatoms. The molecule has 0 unspecified atom stereocenters. The Morgan fingerprint density at radius 3 is 1.86 bits per heavy atom. The molecule has 0 saturated carbocycles. The van der Waals surface area contributed by atoms with E-state index >= 15 is 0 Å². The Balaban J connectivity index is 2.34. The number of hydrogen-bond acceptors (Lipinski definition) is 6. The number of anilines is 1. The lowest BCUT2D eigenvalue weighted by Crippen LogP contribution is -2.69. The summed E-state index contributed by atoms with van der Waals surface area (Å²) in [5.41, 5.74) is -1.31. The number of rotatable bonds is 5. The van der Waals surface area contributed by atoms with E-state index in [9.17, 15) is 9.59 Å². The van der Waals surface area contributed by atoms with Crippen molar-refractivity contribution in [3.8, 4) is 0 Å². The number of carbonyl (C=O) groups is 2. The van der Waals surface area contributed by atoms with E-state index in [-0.39, 0.29) is 6.04 Å². The highest BCUT2D eigenvalue weighted by atomic mass is 16.6. The third-order valence-electron chi connectivity index (χ3n) is 5.65. The number of hydrogen-bond donors (Lipinski definition) is 0. The minimum Gasteiger partial charge on any atom is -0.467 e. The van der Waals surface area contributed by atoms with Gasteiger partial charge in [-0.05, 0) is 24.6 Å². The van der Waals surface area contributed by atoms with Crippen LogP contribution in [0.1, 0.15) is 24.9 Å². The zero-order chi connectivity index (χ0) is 20.4. The second-order valence-electron chi connectivity index (χ2n) is 6.96. The molecule has 3 rings (SSSR count). The zero-order valence-corrected chi connectivity index (χ0v) is 16.5. The van der Waals surface area contributed by atoms with Crippen LogP contribution in [0, 0.1) is 0 Å². The topological polar surface area (TPSA) is 65.1 Å². The van der Waals surface area contributed by atoms with Crippen LogP contribution in [-0.4, -0.2) is 44.4 Å². The van der Waals surface area contributed by atoms with Crippen LogP contribution in [-0.2, 0) is 23.8 Å². The van der Waals surface area contributed by atoms with Crippen LogP contribution < -0.4 is 4.90 Å². The molecule has 1 heterocycles. The molecule has 0 N–H and O–H groups in total. The fourth-order valence-corrected chi connectivity index (χ4v) is 4.24. The highest BCUT2D eigenvalue weighted by molar-refractivity contribution is 6.11. The molecule has 1 aliphatic heterocycles. The highest BCUT2D eigenvalue weighted by Gasteiger charge is 2.72. The normalized spacial score (nSPS) is 23.3. The van der Waals surface area contributed by atoms with Gasteiger partial charge in [-0.2, -0.15) is 0 Å². The lowest BCUT2D eigenvalue weighted by atomic mass is 9.80. The van der Waals surface area contributed by atoms with Gasteiger partial charge in [0.1, 0.15) is 5.60 Å². The molecule has 148 valence electrons. The summed E-state index contributed by atoms with van der Waals surface area (Å²) >= 11 is 0. The van der Waals surface area contributed by atoms with E-state index in [0.717, 1.165) is 5.56 Å². The lowest BCUT2D eigenvalue weighted by molar-refractivity contribution is -0.174. The Morgan fingerprint density at radius 1 is 0.893 bits per heavy atom. The molecular formula is C22H25NO5. The summed E-state index contributed by atoms with van der Waals surface area (Å²) in [7, 11) is 4.03. The van der Waals surface area contributed by atoms with Gasteiger partial charge < -0.3 is 19.1 Å². The molecule has 0 bridgehead atoms. The van der Waals surface area contributed by atoms with Crippen LogP contribution >= 0.6 is 0 Å². The second-order valence-corrected chi connectivity index (χ2v) is 6.96. The van der Waals surface area contributed by atoms with Crippen molar-refractivity contribution in [2.24, 2.45) is 0 Å². The van der Waals surface area contributed by atoms with Gasteiger partial charge in [0.15, 0.2) is 0 Å². The van der Waals surface area contributed by atoms with Gasteiger partial charge in [0.05, 0.1) is 20.3 Å². The molecule has 6 nitrogen and oxygen atoms in total. The minimum absolute atomic E-state index is 0.299. The Labute approximate surface area is 165 Å². The van der Waals surface area contributed by atoms with Crippen LogP contribution in [0.2, 0.25) is 0 Å². The summed E-state index contributed by atoms with van der Waals surface area (Å²) in [6.07, 6.45) is 0.395. The van der Waals surface area contributed by atoms with Crippen molar-refractivity contribution in [3.63, 3.8) is 0 Å². The van der Waals surface area contributed by atoms with Crippen molar-refractivity contribution < 1.29 is 23.8 Å². The molecule has 0 spiro atoms. The molecule has 0 amide bonds. The fourth-order valence-electron chi connectivity index (χ4n) is 4.24. The van der Waals surface area contributed by atoms with Crippen molar-refractivity contribution in [2.45, 2.75) is 30.5 Å². The summed E-state index contributed by atoms with van der Waals surface area (Å²) < 4.78 is 16.1. The Hall–Kier alpha value is -2.86. The van der Waals surface area contributed by atoms with Crippen molar-refractivity contribution in [2.75, 3.05) is 26.2 Å². The first-order chi connectivity index (χ1) is 13.5. The maximum atomic E-state index is 13.2. The molecular weight excluding hydrogens is 358 g/mol. The fraction of sp³-hybridized carbons (Fsp3) is 0.364. The molecule has 1 aliphatic rings. The average molecular weight is 383 g/mol. The van der Waals surface area contributed by atoms with Crippen LogP contribution in [0.5, 0.6) is 0 Å². The van der Waals surface area contributed by atoms with E-state index in [1.54, 1.807) is 11.8 Å². The monoisotopic (exact) mass is 383 g/mol. The van der Waals surface area contributed by atoms with E-state index < -0.39 is 23.1 Å². The van der Waals surface area contributed by atoms with Gasteiger partial charge in [0.25, 0.3) is 5.54 Å². The smallest absolute Gasteiger partial charge is 0.346 e. The largest absolute Gasteiger partial charge is 0.467 e. The number of nitrogens with zero attached hydrogens (tertiary/aromatic N) is 1. The van der Waals surface area contributed by atoms with E-state index in [4.69, 9.17) is 14.2 Å². The first-order valence-electron chi connectivity index (χ1n) is 9.07. The van der Waals surface area contributed by atoms with Crippen molar-refractivity contribution >= 4 is 17.6 Å². The third kappa shape index (κ3) is 2.76. The molecule has 0 aliphatic carbocycles. The van der Waals surface area contributed by atoms with Crippen LogP contribution in [0.4, 0.5) is 5.69 Å². The molecule has 2 aromatic carbocycles. The van der Waals surface area contributed by atoms with Gasteiger partial charge >= 0.3 is 11.9 Å². The molecule has 2 aromatic rings. The number of methoxy groups -OCH3 is 3. The Bertz CT molecular complexity index is 823. The molecule has 2 atom stereocenters. The van der Waals surface area contributed by atoms with Gasteiger partial charge in [-0.25, -0.2) is 9.59 Å². The summed E-state index contributed by atoms with van der Waals surface area (Å²) in [5, 5.41) is 0. The number of esters is 2. The molecule has 0 radical (unpaired) electrons. The number of ether oxygens (including phenoxy) is 3. The number of carbonyl (C=O) groups excluding carboxylic acids is 2. The molecule has 1 fully saturated rings. The lowest BCUT2D eigenvalue weighted by Gasteiger charge is -2.43. The van der Waals surface area contributed by atoms with Gasteiger partial charge in [-0.3, -0.25) is 0 Å². The van der Waals surface area contributed by atoms with Gasteiger partial charge in [0.2, 0.25) is 0 Å². The third-order valence-corrected chi connectivity index (χ3v) is 5.65. The maximum absolute atomic E-state index is 13.2. The summed E-state index contributed by atoms with van der Waals surface area (Å²) in [6.45, 7) is 1.75. The quantitative estimate of drug-likeness (QED) is 0.584. The first kappa shape index (κ1) is 19.9. The van der Waals surface area contributed by atoms with Crippen molar-refractivity contribution in [1.29, 1.82) is 0 Å². The molecule has 28 heavy (non-hydrogen) atoms. The van der Waals surface area contributed by atoms with Gasteiger partial charge in [0, 0.05) is 19.2 Å². The Kier molecular flexibility index (Phi) is 5.42. The van der Waals surface area contributed by atoms with Crippen LogP contribution in [0.15, 0.2) is 60.7 Å². The highest BCUT2D eigenvalue weighted by Crippen LogP contribution is 2.53. The summed E-state index contributed by atoms with van der Waals surface area (Å²) in [5.74, 6) is -1.43. The van der Waals surface area contributed by atoms with E-state index in [0.29, 0.717) is 12.1 Å². The Morgan fingerprint density at radius 2 is 1.39 bits per heavy atom. The zero-order valence-electron chi connectivity index (χ0n) is 16.5. The molecule has 1 saturated heterocycles. The average Bonchev–Trinajstić information content (AvgIpc) is 3.04. The molecule has 0 aromatic heterocycles. The van der Waals surface area contributed by atoms with Gasteiger partial charge in [-0.1, -0.05) is 48.5 Å². The van der Waals surface area contributed by atoms with Crippen LogP contribution in [0.3, 0.4) is 0 Å². The second kappa shape index (κ2) is 7.64. The van der Waals surface area contributed by atoms with Gasteiger partial charge in [-0.15, -0.1) is 0 Å². The van der Waals surface area contributed by atoms with E-state index in [1.165, 1.54) is 21.3 Å². The minimum atomic E-state index is -1.80. The predicted octanol–water partition coefficient (Wildman–Crippen LogP) is 3.13. The standard InChI is InChI=1S/C22H25NO5/c1-21(28-4)15-18(16-11-7-5-8-12-16)23(17-13-9-6-10-14-17)22(21,19(24)26-2)20(25)27-3/h5-14,18H,15H2,1-4H3/t18-,21-/m0/s1.